The average molecular weight is 291 g/mol. The minimum Gasteiger partial charge on any atom is -0.361 e. The molecule has 0 aromatic carbocycles. The molecule has 20 heavy (non-hydrogen) atoms. The van der Waals surface area contributed by atoms with Crippen LogP contribution in [0.1, 0.15) is 6.42 Å². The van der Waals surface area contributed by atoms with Gasteiger partial charge in [0.15, 0.2) is 5.82 Å². The molecule has 0 saturated heterocycles. The van der Waals surface area contributed by atoms with Crippen molar-refractivity contribution in [3.8, 4) is 0 Å². The second-order valence-corrected chi connectivity index (χ2v) is 4.54. The van der Waals surface area contributed by atoms with Crippen LogP contribution in [0.25, 0.3) is 0 Å². The molecular formula is C11H16F3N5O. The molecule has 6 nitrogen and oxygen atoms in total. The van der Waals surface area contributed by atoms with Crippen molar-refractivity contribution in [3.05, 3.63) is 6.20 Å². The maximum absolute atomic E-state index is 12.1. The number of halogens is 3. The second-order valence-electron chi connectivity index (χ2n) is 4.54. The van der Waals surface area contributed by atoms with Gasteiger partial charge in [-0.1, -0.05) is 0 Å². The Bertz CT molecular complexity index is 487. The Morgan fingerprint density at radius 2 is 1.85 bits per heavy atom. The molecule has 1 rings (SSSR count). The topological polar surface area (TPSA) is 61.4 Å². The van der Waals surface area contributed by atoms with Crippen LogP contribution in [0.3, 0.4) is 0 Å². The van der Waals surface area contributed by atoms with Gasteiger partial charge in [-0.2, -0.15) is 18.2 Å². The molecule has 0 saturated carbocycles. The van der Waals surface area contributed by atoms with Crippen molar-refractivity contribution in [2.24, 2.45) is 0 Å². The van der Waals surface area contributed by atoms with Gasteiger partial charge in [-0.3, -0.25) is 4.79 Å². The molecule has 1 heterocycles. The van der Waals surface area contributed by atoms with E-state index >= 15 is 0 Å². The van der Waals surface area contributed by atoms with Gasteiger partial charge in [-0.05, 0) is 0 Å². The summed E-state index contributed by atoms with van der Waals surface area (Å²) >= 11 is 0. The normalized spacial score (nSPS) is 11.2. The third kappa shape index (κ3) is 4.56. The van der Waals surface area contributed by atoms with Crippen molar-refractivity contribution in [1.82, 2.24) is 9.97 Å². The summed E-state index contributed by atoms with van der Waals surface area (Å²) in [6.07, 6.45) is -4.81. The molecular weight excluding hydrogens is 275 g/mol. The predicted molar refractivity (Wildman–Crippen MR) is 70.0 cm³/mol. The number of nitrogens with one attached hydrogen (secondary N) is 1. The number of anilines is 3. The van der Waals surface area contributed by atoms with E-state index in [1.807, 2.05) is 0 Å². The predicted octanol–water partition coefficient (Wildman–Crippen LogP) is 1.50. The highest BCUT2D eigenvalue weighted by atomic mass is 19.4. The van der Waals surface area contributed by atoms with Gasteiger partial charge in [0.05, 0.1) is 6.20 Å². The molecule has 1 amide bonds. The van der Waals surface area contributed by atoms with Crippen molar-refractivity contribution in [2.75, 3.05) is 43.3 Å². The van der Waals surface area contributed by atoms with Gasteiger partial charge < -0.3 is 15.1 Å². The minimum atomic E-state index is -4.55. The van der Waals surface area contributed by atoms with Crippen LogP contribution >= 0.6 is 0 Å². The molecule has 0 aliphatic heterocycles. The van der Waals surface area contributed by atoms with E-state index in [2.05, 4.69) is 15.3 Å². The first kappa shape index (κ1) is 16.0. The fourth-order valence-electron chi connectivity index (χ4n) is 1.38. The highest BCUT2D eigenvalue weighted by Gasteiger charge is 2.31. The Balaban J connectivity index is 2.97. The zero-order valence-corrected chi connectivity index (χ0v) is 11.6. The molecule has 1 N–H and O–H groups in total. The molecule has 0 fully saturated rings. The van der Waals surface area contributed by atoms with Crippen LogP contribution in [0.2, 0.25) is 0 Å². The number of nitrogens with zero attached hydrogens (tertiary/aromatic N) is 4. The van der Waals surface area contributed by atoms with E-state index in [-0.39, 0.29) is 5.69 Å². The van der Waals surface area contributed by atoms with Crippen molar-refractivity contribution in [1.29, 1.82) is 0 Å². The van der Waals surface area contributed by atoms with Crippen molar-refractivity contribution < 1.29 is 18.0 Å². The van der Waals surface area contributed by atoms with Crippen molar-refractivity contribution in [3.63, 3.8) is 0 Å². The molecule has 0 bridgehead atoms. The number of carbonyl (C=O) groups excluding carboxylic acids is 1. The Kier molecular flexibility index (Phi) is 4.74. The lowest BCUT2D eigenvalue weighted by atomic mass is 10.3. The zero-order chi connectivity index (χ0) is 15.5. The summed E-state index contributed by atoms with van der Waals surface area (Å²) in [5.74, 6) is -0.427. The van der Waals surface area contributed by atoms with E-state index in [0.29, 0.717) is 11.8 Å². The largest absolute Gasteiger partial charge is 0.397 e. The second kappa shape index (κ2) is 5.93. The van der Waals surface area contributed by atoms with Gasteiger partial charge in [0.2, 0.25) is 11.9 Å². The van der Waals surface area contributed by atoms with Gasteiger partial charge in [0, 0.05) is 28.2 Å². The van der Waals surface area contributed by atoms with Crippen LogP contribution < -0.4 is 15.1 Å². The van der Waals surface area contributed by atoms with E-state index in [4.69, 9.17) is 0 Å². The van der Waals surface area contributed by atoms with Crippen LogP contribution in [0.15, 0.2) is 6.20 Å². The van der Waals surface area contributed by atoms with Crippen LogP contribution in [-0.2, 0) is 4.79 Å². The van der Waals surface area contributed by atoms with E-state index in [1.165, 1.54) is 6.20 Å². The van der Waals surface area contributed by atoms with Crippen molar-refractivity contribution in [2.45, 2.75) is 12.6 Å². The molecule has 0 atom stereocenters. The summed E-state index contributed by atoms with van der Waals surface area (Å²) in [6.45, 7) is 0. The number of alkyl halides is 3. The SMILES string of the molecule is CN(C)c1ncc(NC(=O)CC(F)(F)F)c(N(C)C)n1. The van der Waals surface area contributed by atoms with Gasteiger partial charge >= 0.3 is 6.18 Å². The van der Waals surface area contributed by atoms with E-state index in [1.54, 1.807) is 38.0 Å². The summed E-state index contributed by atoms with van der Waals surface area (Å²) in [5, 5.41) is 2.17. The monoisotopic (exact) mass is 291 g/mol. The molecule has 0 unspecified atom stereocenters. The molecule has 1 aromatic rings. The summed E-state index contributed by atoms with van der Waals surface area (Å²) in [6, 6.07) is 0. The van der Waals surface area contributed by atoms with E-state index in [0.717, 1.165) is 0 Å². The lowest BCUT2D eigenvalue weighted by Crippen LogP contribution is -2.24. The molecule has 0 aliphatic rings. The van der Waals surface area contributed by atoms with E-state index < -0.39 is 18.5 Å². The van der Waals surface area contributed by atoms with Crippen LogP contribution in [-0.4, -0.2) is 50.2 Å². The Hall–Kier alpha value is -2.06. The quantitative estimate of drug-likeness (QED) is 0.911. The first-order valence-electron chi connectivity index (χ1n) is 5.68. The van der Waals surface area contributed by atoms with Gasteiger partial charge in [0.1, 0.15) is 12.1 Å². The molecule has 0 aliphatic carbocycles. The van der Waals surface area contributed by atoms with Gasteiger partial charge in [-0.25, -0.2) is 4.98 Å². The number of rotatable bonds is 4. The lowest BCUT2D eigenvalue weighted by Gasteiger charge is -2.19. The van der Waals surface area contributed by atoms with Gasteiger partial charge in [-0.15, -0.1) is 0 Å². The number of hydrogen-bond donors (Lipinski definition) is 1. The third-order valence-electron chi connectivity index (χ3n) is 2.21. The summed E-state index contributed by atoms with van der Waals surface area (Å²) in [4.78, 5) is 22.7. The minimum absolute atomic E-state index is 0.134. The Morgan fingerprint density at radius 3 is 2.30 bits per heavy atom. The fraction of sp³-hybridized carbons (Fsp3) is 0.545. The third-order valence-corrected chi connectivity index (χ3v) is 2.21. The van der Waals surface area contributed by atoms with Crippen LogP contribution in [0.5, 0.6) is 0 Å². The summed E-state index contributed by atoms with van der Waals surface area (Å²) in [5.41, 5.74) is 0.134. The van der Waals surface area contributed by atoms with Crippen LogP contribution in [0.4, 0.5) is 30.6 Å². The number of aromatic nitrogens is 2. The first-order valence-corrected chi connectivity index (χ1v) is 5.68. The zero-order valence-electron chi connectivity index (χ0n) is 11.6. The highest BCUT2D eigenvalue weighted by Crippen LogP contribution is 2.25. The molecule has 112 valence electrons. The molecule has 1 aromatic heterocycles. The van der Waals surface area contributed by atoms with Gasteiger partial charge in [0.25, 0.3) is 0 Å². The molecule has 9 heteroatoms. The lowest BCUT2D eigenvalue weighted by molar-refractivity contribution is -0.150. The average Bonchev–Trinajstić information content (AvgIpc) is 2.25. The molecule has 0 radical (unpaired) electrons. The smallest absolute Gasteiger partial charge is 0.361 e. The van der Waals surface area contributed by atoms with Crippen molar-refractivity contribution >= 4 is 23.4 Å². The summed E-state index contributed by atoms with van der Waals surface area (Å²) in [7, 11) is 6.80. The highest BCUT2D eigenvalue weighted by molar-refractivity contribution is 5.93. The maximum Gasteiger partial charge on any atom is 0.397 e. The first-order chi connectivity index (χ1) is 9.10. The summed E-state index contributed by atoms with van der Waals surface area (Å²) < 4.78 is 36.4. The Labute approximate surface area is 114 Å². The number of amides is 1. The number of hydrogen-bond acceptors (Lipinski definition) is 5. The molecule has 0 spiro atoms. The maximum atomic E-state index is 12.1. The van der Waals surface area contributed by atoms with Crippen LogP contribution in [0, 0.1) is 0 Å². The number of carbonyl (C=O) groups is 1. The fourth-order valence-corrected chi connectivity index (χ4v) is 1.38. The Morgan fingerprint density at radius 1 is 1.25 bits per heavy atom. The standard InChI is InChI=1S/C11H16F3N5O/c1-18(2)9-7(6-15-10(17-9)19(3)4)16-8(20)5-11(12,13)14/h6H,5H2,1-4H3,(H,16,20). The van der Waals surface area contributed by atoms with E-state index in [9.17, 15) is 18.0 Å².